The molecule has 0 radical (unpaired) electrons. The lowest BCUT2D eigenvalue weighted by Crippen LogP contribution is -2.15. The average Bonchev–Trinajstić information content (AvgIpc) is 2.70. The first-order valence-electron chi connectivity index (χ1n) is 9.22. The zero-order valence-corrected chi connectivity index (χ0v) is 17.1. The van der Waals surface area contributed by atoms with Gasteiger partial charge in [-0.1, -0.05) is 43.0 Å². The lowest BCUT2D eigenvalue weighted by Gasteiger charge is -2.17. The van der Waals surface area contributed by atoms with Crippen LogP contribution in [0.5, 0.6) is 0 Å². The van der Waals surface area contributed by atoms with Gasteiger partial charge in [-0.3, -0.25) is 20.3 Å². The molecule has 0 bridgehead atoms. The van der Waals surface area contributed by atoms with Crippen LogP contribution >= 0.6 is 11.6 Å². The first kappa shape index (κ1) is 21.1. The van der Waals surface area contributed by atoms with E-state index in [9.17, 15) is 18.5 Å². The highest BCUT2D eigenvalue weighted by molar-refractivity contribution is 7.93. The quantitative estimate of drug-likeness (QED) is 0.359. The van der Waals surface area contributed by atoms with Gasteiger partial charge in [0, 0.05) is 18.3 Å². The van der Waals surface area contributed by atoms with E-state index >= 15 is 0 Å². The summed E-state index contributed by atoms with van der Waals surface area (Å²) in [6.45, 7) is 0. The number of nitrogens with zero attached hydrogens (tertiary/aromatic N) is 2. The Balaban J connectivity index is 1.89. The molecule has 0 unspecified atom stereocenters. The summed E-state index contributed by atoms with van der Waals surface area (Å²) >= 11 is 6.03. The predicted molar refractivity (Wildman–Crippen MR) is 114 cm³/mol. The van der Waals surface area contributed by atoms with Gasteiger partial charge < -0.3 is 0 Å². The molecule has 1 aliphatic rings. The highest BCUT2D eigenvalue weighted by atomic mass is 35.5. The number of halogens is 1. The lowest BCUT2D eigenvalue weighted by molar-refractivity contribution is -0.385. The first-order valence-corrected chi connectivity index (χ1v) is 11.1. The number of nitro groups is 1. The van der Waals surface area contributed by atoms with Crippen molar-refractivity contribution in [2.24, 2.45) is 11.0 Å². The summed E-state index contributed by atoms with van der Waals surface area (Å²) in [4.78, 5) is 10.2. The van der Waals surface area contributed by atoms with Gasteiger partial charge in [0.05, 0.1) is 21.3 Å². The van der Waals surface area contributed by atoms with Crippen LogP contribution in [-0.4, -0.2) is 19.6 Å². The van der Waals surface area contributed by atoms with E-state index in [4.69, 9.17) is 11.6 Å². The van der Waals surface area contributed by atoms with Crippen LogP contribution in [0.2, 0.25) is 5.02 Å². The number of rotatable bonds is 7. The minimum absolute atomic E-state index is 0.141. The molecule has 1 saturated carbocycles. The third kappa shape index (κ3) is 5.45. The Kier molecular flexibility index (Phi) is 6.71. The number of para-hydroxylation sites is 1. The number of hydrazone groups is 1. The van der Waals surface area contributed by atoms with Crippen molar-refractivity contribution in [2.45, 2.75) is 37.0 Å². The van der Waals surface area contributed by atoms with Gasteiger partial charge in [-0.25, -0.2) is 8.42 Å². The fourth-order valence-electron chi connectivity index (χ4n) is 3.18. The second-order valence-corrected chi connectivity index (χ2v) is 8.87. The van der Waals surface area contributed by atoms with Crippen molar-refractivity contribution < 1.29 is 13.3 Å². The van der Waals surface area contributed by atoms with Gasteiger partial charge in [-0.2, -0.15) is 5.10 Å². The zero-order valence-electron chi connectivity index (χ0n) is 15.5. The van der Waals surface area contributed by atoms with Crippen molar-refractivity contribution in [2.75, 3.05) is 10.1 Å². The van der Waals surface area contributed by atoms with Crippen LogP contribution < -0.4 is 10.1 Å². The number of nitrogens with one attached hydrogen (secondary N) is 2. The fraction of sp³-hybridized carbons (Fsp3) is 0.316. The zero-order chi connectivity index (χ0) is 20.9. The topological polar surface area (TPSA) is 114 Å². The van der Waals surface area contributed by atoms with Gasteiger partial charge in [0.25, 0.3) is 15.7 Å². The number of sulfonamides is 1. The van der Waals surface area contributed by atoms with Crippen molar-refractivity contribution in [3.8, 4) is 0 Å². The molecule has 2 aromatic carbocycles. The Bertz CT molecular complexity index is 1020. The highest BCUT2D eigenvalue weighted by Crippen LogP contribution is 2.30. The van der Waals surface area contributed by atoms with E-state index in [0.29, 0.717) is 5.92 Å². The summed E-state index contributed by atoms with van der Waals surface area (Å²) in [6, 6.07) is 9.90. The number of non-ortho nitro benzene ring substituents is 1. The molecular weight excluding hydrogens is 416 g/mol. The summed E-state index contributed by atoms with van der Waals surface area (Å²) in [5, 5.41) is 15.5. The molecule has 29 heavy (non-hydrogen) atoms. The largest absolute Gasteiger partial charge is 0.278 e. The molecule has 0 atom stereocenters. The van der Waals surface area contributed by atoms with Crippen LogP contribution in [0.3, 0.4) is 0 Å². The van der Waals surface area contributed by atoms with Gasteiger partial charge in [0.1, 0.15) is 4.90 Å². The van der Waals surface area contributed by atoms with Crippen molar-refractivity contribution in [3.63, 3.8) is 0 Å². The van der Waals surface area contributed by atoms with Crippen molar-refractivity contribution >= 4 is 44.9 Å². The molecule has 154 valence electrons. The molecule has 0 aliphatic heterocycles. The maximum Gasteiger partial charge on any atom is 0.270 e. The second kappa shape index (κ2) is 9.23. The third-order valence-corrected chi connectivity index (χ3v) is 6.44. The molecule has 0 spiro atoms. The summed E-state index contributed by atoms with van der Waals surface area (Å²) in [5.41, 5.74) is 2.71. The fourth-order valence-corrected chi connectivity index (χ4v) is 4.67. The van der Waals surface area contributed by atoms with E-state index in [1.54, 1.807) is 24.4 Å². The van der Waals surface area contributed by atoms with E-state index in [2.05, 4.69) is 15.2 Å². The predicted octanol–water partition coefficient (Wildman–Crippen LogP) is 5.03. The van der Waals surface area contributed by atoms with Crippen LogP contribution in [0.1, 0.15) is 32.1 Å². The number of hydrogen-bond acceptors (Lipinski definition) is 6. The van der Waals surface area contributed by atoms with Crippen LogP contribution in [-0.2, 0) is 10.0 Å². The van der Waals surface area contributed by atoms with E-state index < -0.39 is 14.9 Å². The number of benzene rings is 2. The molecule has 2 N–H and O–H groups in total. The van der Waals surface area contributed by atoms with Gasteiger partial charge in [-0.05, 0) is 37.0 Å². The molecule has 2 aromatic rings. The van der Waals surface area contributed by atoms with Crippen molar-refractivity contribution in [1.82, 2.24) is 0 Å². The van der Waals surface area contributed by atoms with Gasteiger partial charge in [0.2, 0.25) is 0 Å². The molecule has 10 heteroatoms. The normalized spacial score (nSPS) is 15.3. The molecule has 8 nitrogen and oxygen atoms in total. The van der Waals surface area contributed by atoms with Gasteiger partial charge >= 0.3 is 0 Å². The molecular formula is C19H21ClN4O4S. The number of anilines is 2. The Morgan fingerprint density at radius 2 is 1.83 bits per heavy atom. The molecule has 3 rings (SSSR count). The number of hydrogen-bond donors (Lipinski definition) is 2. The Hall–Kier alpha value is -2.65. The van der Waals surface area contributed by atoms with Gasteiger partial charge in [0.15, 0.2) is 0 Å². The summed E-state index contributed by atoms with van der Waals surface area (Å²) in [6.07, 6.45) is 7.38. The molecule has 0 heterocycles. The van der Waals surface area contributed by atoms with Crippen molar-refractivity contribution in [3.05, 3.63) is 57.6 Å². The third-order valence-electron chi connectivity index (χ3n) is 4.70. The standard InChI is InChI=1S/C19H21ClN4O4S/c20-16-8-4-5-9-17(16)23-29(27,28)19-12-15(24(25)26)10-11-18(19)22-21-13-14-6-2-1-3-7-14/h4-5,8-14,22-23H,1-3,6-7H2/b21-13+. The smallest absolute Gasteiger partial charge is 0.270 e. The van der Waals surface area contributed by atoms with E-state index in [0.717, 1.165) is 31.7 Å². The summed E-state index contributed by atoms with van der Waals surface area (Å²) in [7, 11) is -4.15. The van der Waals surface area contributed by atoms with Crippen LogP contribution in [0, 0.1) is 16.0 Å². The van der Waals surface area contributed by atoms with Crippen LogP contribution in [0.15, 0.2) is 52.5 Å². The molecule has 1 aliphatic carbocycles. The molecule has 1 fully saturated rings. The van der Waals surface area contributed by atoms with E-state index in [1.165, 1.54) is 24.6 Å². The lowest BCUT2D eigenvalue weighted by atomic mass is 9.90. The molecule has 0 saturated heterocycles. The Morgan fingerprint density at radius 1 is 1.10 bits per heavy atom. The highest BCUT2D eigenvalue weighted by Gasteiger charge is 2.23. The SMILES string of the molecule is O=[N+]([O-])c1ccc(N/N=C/C2CCCCC2)c(S(=O)(=O)Nc2ccccc2Cl)c1. The van der Waals surface area contributed by atoms with E-state index in [1.807, 2.05) is 0 Å². The minimum Gasteiger partial charge on any atom is -0.278 e. The summed E-state index contributed by atoms with van der Waals surface area (Å²) < 4.78 is 28.2. The molecule has 0 aromatic heterocycles. The summed E-state index contributed by atoms with van der Waals surface area (Å²) in [5.74, 6) is 0.343. The van der Waals surface area contributed by atoms with Crippen molar-refractivity contribution in [1.29, 1.82) is 0 Å². The first-order chi connectivity index (χ1) is 13.9. The van der Waals surface area contributed by atoms with E-state index in [-0.39, 0.29) is 27.0 Å². The van der Waals surface area contributed by atoms with Crippen LogP contribution in [0.4, 0.5) is 17.1 Å². The van der Waals surface area contributed by atoms with Crippen LogP contribution in [0.25, 0.3) is 0 Å². The van der Waals surface area contributed by atoms with Gasteiger partial charge in [-0.15, -0.1) is 0 Å². The average molecular weight is 437 g/mol. The Labute approximate surface area is 174 Å². The molecule has 0 amide bonds. The monoisotopic (exact) mass is 436 g/mol. The second-order valence-electron chi connectivity index (χ2n) is 6.81. The number of nitro benzene ring substituents is 1. The maximum absolute atomic E-state index is 12.9. The minimum atomic E-state index is -4.15. The maximum atomic E-state index is 12.9. The Morgan fingerprint density at radius 3 is 2.52 bits per heavy atom.